The fraction of sp³-hybridized carbons (Fsp3) is 0.515. The Kier molecular flexibility index (Phi) is 9.03. The van der Waals surface area contributed by atoms with E-state index in [1.54, 1.807) is 18.4 Å². The van der Waals surface area contributed by atoms with E-state index in [1.165, 1.54) is 11.1 Å². The van der Waals surface area contributed by atoms with E-state index >= 15 is 0 Å². The molecule has 5 nitrogen and oxygen atoms in total. The van der Waals surface area contributed by atoms with Crippen LogP contribution >= 0.6 is 11.3 Å². The van der Waals surface area contributed by atoms with Crippen molar-refractivity contribution in [2.45, 2.75) is 83.7 Å². The molecular weight excluding hydrogens is 504 g/mol. The van der Waals surface area contributed by atoms with Gasteiger partial charge in [0.15, 0.2) is 0 Å². The number of methoxy groups -OCH3 is 1. The minimum absolute atomic E-state index is 0.00855. The van der Waals surface area contributed by atoms with Crippen molar-refractivity contribution in [2.24, 2.45) is 11.8 Å². The van der Waals surface area contributed by atoms with E-state index < -0.39 is 0 Å². The number of nitrogens with zero attached hydrogens (tertiary/aromatic N) is 2. The number of anilines is 1. The zero-order chi connectivity index (χ0) is 27.4. The normalized spacial score (nSPS) is 23.4. The lowest BCUT2D eigenvalue weighted by atomic mass is 9.78. The van der Waals surface area contributed by atoms with Crippen molar-refractivity contribution in [3.05, 3.63) is 64.8 Å². The standard InChI is InChI=1S/C33H42N2O3S/c1-4-32-34-20-31(39-32)27-6-5-7-28(19-27)35(33(37)25-12-15-29(36)16-13-25)21-23-8-10-24(11-9-23)26-14-17-30(38-3)22(2)18-26/h5-7,14,17-20,23-25,29,36H,4,8-13,15-16,21H2,1-3H3/t23-,24-,25-,29-. The van der Waals surface area contributed by atoms with Gasteiger partial charge in [-0.1, -0.05) is 31.2 Å². The molecule has 0 saturated heterocycles. The summed E-state index contributed by atoms with van der Waals surface area (Å²) in [6.45, 7) is 5.01. The van der Waals surface area contributed by atoms with Crippen molar-refractivity contribution >= 4 is 22.9 Å². The Morgan fingerprint density at radius 3 is 2.49 bits per heavy atom. The Balaban J connectivity index is 1.33. The Morgan fingerprint density at radius 2 is 1.82 bits per heavy atom. The Bertz CT molecular complexity index is 1260. The number of aliphatic hydroxyl groups is 1. The van der Waals surface area contributed by atoms with Crippen LogP contribution in [0.4, 0.5) is 5.69 Å². The highest BCUT2D eigenvalue weighted by Crippen LogP contribution is 2.39. The maximum Gasteiger partial charge on any atom is 0.230 e. The lowest BCUT2D eigenvalue weighted by Gasteiger charge is -2.36. The number of amides is 1. The van der Waals surface area contributed by atoms with Crippen LogP contribution in [-0.2, 0) is 11.2 Å². The highest BCUT2D eigenvalue weighted by molar-refractivity contribution is 7.15. The number of aliphatic hydroxyl groups excluding tert-OH is 1. The lowest BCUT2D eigenvalue weighted by molar-refractivity contribution is -0.124. The highest BCUT2D eigenvalue weighted by atomic mass is 32.1. The van der Waals surface area contributed by atoms with E-state index in [-0.39, 0.29) is 17.9 Å². The molecule has 2 saturated carbocycles. The van der Waals surface area contributed by atoms with Crippen LogP contribution in [0.25, 0.3) is 10.4 Å². The number of aromatic nitrogens is 1. The van der Waals surface area contributed by atoms with E-state index in [2.05, 4.69) is 66.2 Å². The summed E-state index contributed by atoms with van der Waals surface area (Å²) in [6.07, 6.45) is 10.2. The van der Waals surface area contributed by atoms with Crippen molar-refractivity contribution in [2.75, 3.05) is 18.6 Å². The van der Waals surface area contributed by atoms with E-state index in [0.717, 1.165) is 91.2 Å². The van der Waals surface area contributed by atoms with Gasteiger partial charge in [0.05, 0.1) is 23.1 Å². The fourth-order valence-electron chi connectivity index (χ4n) is 6.39. The van der Waals surface area contributed by atoms with E-state index in [4.69, 9.17) is 4.74 Å². The molecule has 1 amide bonds. The monoisotopic (exact) mass is 546 g/mol. The van der Waals surface area contributed by atoms with Gasteiger partial charge < -0.3 is 14.7 Å². The number of carbonyl (C=O) groups is 1. The van der Waals surface area contributed by atoms with Crippen LogP contribution in [0.1, 0.15) is 80.3 Å². The Morgan fingerprint density at radius 1 is 1.05 bits per heavy atom. The second kappa shape index (κ2) is 12.6. The van der Waals surface area contributed by atoms with Crippen LogP contribution in [0.15, 0.2) is 48.7 Å². The summed E-state index contributed by atoms with van der Waals surface area (Å²) in [5.41, 5.74) is 4.71. The molecule has 0 bridgehead atoms. The highest BCUT2D eigenvalue weighted by Gasteiger charge is 2.32. The fourth-order valence-corrected chi connectivity index (χ4v) is 7.25. The molecule has 1 heterocycles. The number of ether oxygens (including phenoxy) is 1. The van der Waals surface area contributed by atoms with Crippen molar-refractivity contribution in [1.82, 2.24) is 4.98 Å². The Hall–Kier alpha value is -2.70. The smallest absolute Gasteiger partial charge is 0.230 e. The van der Waals surface area contributed by atoms with Crippen molar-refractivity contribution in [3.8, 4) is 16.2 Å². The number of rotatable bonds is 8. The molecule has 1 N–H and O–H groups in total. The molecule has 0 radical (unpaired) electrons. The van der Waals surface area contributed by atoms with Gasteiger partial charge in [0.2, 0.25) is 5.91 Å². The quantitative estimate of drug-likeness (QED) is 0.317. The summed E-state index contributed by atoms with van der Waals surface area (Å²) in [4.78, 5) is 21.8. The number of benzene rings is 2. The first-order valence-corrected chi connectivity index (χ1v) is 15.5. The first kappa shape index (κ1) is 27.9. The molecule has 208 valence electrons. The first-order chi connectivity index (χ1) is 18.9. The first-order valence-electron chi connectivity index (χ1n) is 14.6. The van der Waals surface area contributed by atoms with Crippen LogP contribution in [0.3, 0.4) is 0 Å². The second-order valence-corrected chi connectivity index (χ2v) is 12.5. The topological polar surface area (TPSA) is 62.7 Å². The van der Waals surface area contributed by atoms with Crippen molar-refractivity contribution < 1.29 is 14.6 Å². The molecule has 2 aromatic carbocycles. The predicted molar refractivity (Wildman–Crippen MR) is 160 cm³/mol. The molecule has 3 aromatic rings. The molecule has 0 atom stereocenters. The zero-order valence-corrected chi connectivity index (χ0v) is 24.4. The summed E-state index contributed by atoms with van der Waals surface area (Å²) in [7, 11) is 1.73. The molecule has 0 aliphatic heterocycles. The summed E-state index contributed by atoms with van der Waals surface area (Å²) >= 11 is 1.73. The third kappa shape index (κ3) is 6.55. The lowest BCUT2D eigenvalue weighted by Crippen LogP contribution is -2.41. The summed E-state index contributed by atoms with van der Waals surface area (Å²) < 4.78 is 5.46. The van der Waals surface area contributed by atoms with Gasteiger partial charge >= 0.3 is 0 Å². The van der Waals surface area contributed by atoms with Crippen molar-refractivity contribution in [1.29, 1.82) is 0 Å². The predicted octanol–water partition coefficient (Wildman–Crippen LogP) is 7.55. The molecule has 1 aromatic heterocycles. The van der Waals surface area contributed by atoms with Crippen molar-refractivity contribution in [3.63, 3.8) is 0 Å². The average Bonchev–Trinajstić information content (AvgIpc) is 3.46. The third-order valence-corrected chi connectivity index (χ3v) is 9.98. The molecular formula is C33H42N2O3S. The molecule has 39 heavy (non-hydrogen) atoms. The van der Waals surface area contributed by atoms with E-state index in [0.29, 0.717) is 11.8 Å². The van der Waals surface area contributed by atoms with Crippen LogP contribution in [0.2, 0.25) is 0 Å². The van der Waals surface area contributed by atoms with Gasteiger partial charge in [0.25, 0.3) is 0 Å². The van der Waals surface area contributed by atoms with Gasteiger partial charge in [0, 0.05) is 24.3 Å². The molecule has 6 heteroatoms. The minimum atomic E-state index is -0.262. The third-order valence-electron chi connectivity index (χ3n) is 8.79. The number of hydrogen-bond acceptors (Lipinski definition) is 5. The number of aryl methyl sites for hydroxylation is 2. The zero-order valence-electron chi connectivity index (χ0n) is 23.6. The van der Waals surface area contributed by atoms with Gasteiger partial charge in [-0.25, -0.2) is 4.98 Å². The molecule has 5 rings (SSSR count). The SMILES string of the molecule is CCc1ncc(-c2cccc(N(C[C@H]3CC[C@H](c4ccc(OC)c(C)c4)CC3)C(=O)[C@H]3CC[C@H](O)CC3)c2)s1. The van der Waals surface area contributed by atoms with E-state index in [9.17, 15) is 9.90 Å². The van der Waals surface area contributed by atoms with Crippen LogP contribution in [-0.4, -0.2) is 35.8 Å². The maximum absolute atomic E-state index is 14.0. The van der Waals surface area contributed by atoms with Gasteiger partial charge in [-0.15, -0.1) is 11.3 Å². The van der Waals surface area contributed by atoms with Gasteiger partial charge in [0.1, 0.15) is 5.75 Å². The maximum atomic E-state index is 14.0. The summed E-state index contributed by atoms with van der Waals surface area (Å²) in [5, 5.41) is 11.2. The number of hydrogen-bond donors (Lipinski definition) is 1. The molecule has 2 aliphatic rings. The molecule has 2 aliphatic carbocycles. The number of thiazole rings is 1. The molecule has 2 fully saturated rings. The van der Waals surface area contributed by atoms with E-state index in [1.807, 2.05) is 6.20 Å². The molecule has 0 unspecified atom stereocenters. The van der Waals surface area contributed by atoms with Gasteiger partial charge in [-0.2, -0.15) is 0 Å². The van der Waals surface area contributed by atoms with Crippen LogP contribution < -0.4 is 9.64 Å². The average molecular weight is 547 g/mol. The van der Waals surface area contributed by atoms with Gasteiger partial charge in [-0.3, -0.25) is 4.79 Å². The Labute approximate surface area is 237 Å². The van der Waals surface area contributed by atoms with Crippen LogP contribution in [0.5, 0.6) is 5.75 Å². The minimum Gasteiger partial charge on any atom is -0.496 e. The largest absolute Gasteiger partial charge is 0.496 e. The summed E-state index contributed by atoms with van der Waals surface area (Å²) in [5.74, 6) is 2.22. The van der Waals surface area contributed by atoms with Gasteiger partial charge in [-0.05, 0) is 111 Å². The van der Waals surface area contributed by atoms with Crippen LogP contribution in [0, 0.1) is 18.8 Å². The number of carbonyl (C=O) groups excluding carboxylic acids is 1. The second-order valence-electron chi connectivity index (χ2n) is 11.4. The summed E-state index contributed by atoms with van der Waals surface area (Å²) in [6, 6.07) is 15.1. The molecule has 0 spiro atoms.